The van der Waals surface area contributed by atoms with Gasteiger partial charge in [-0.2, -0.15) is 0 Å². The van der Waals surface area contributed by atoms with Gasteiger partial charge in [0.2, 0.25) is 5.91 Å². The SMILES string of the molecule is COCCN1C(=O)N(c2ccc(C)cc2)C(=O)[C@@H]1CC(=O)Nc1ccccc1. The Kier molecular flexibility index (Phi) is 6.06. The number of nitrogens with zero attached hydrogens (tertiary/aromatic N) is 2. The first-order chi connectivity index (χ1) is 13.5. The van der Waals surface area contributed by atoms with Gasteiger partial charge in [-0.3, -0.25) is 9.59 Å². The maximum atomic E-state index is 13.0. The number of hydrogen-bond acceptors (Lipinski definition) is 4. The zero-order valence-corrected chi connectivity index (χ0v) is 15.9. The highest BCUT2D eigenvalue weighted by Crippen LogP contribution is 2.27. The highest BCUT2D eigenvalue weighted by Gasteiger charge is 2.46. The molecule has 4 amide bonds. The standard InChI is InChI=1S/C21H23N3O4/c1-15-8-10-17(11-9-15)24-20(26)18(23(21(24)27)12-13-28-2)14-19(25)22-16-6-4-3-5-7-16/h3-11,18H,12-14H2,1-2H3,(H,22,25)/t18-/m0/s1. The van der Waals surface area contributed by atoms with Gasteiger partial charge in [-0.05, 0) is 31.2 Å². The molecule has 1 heterocycles. The molecule has 0 bridgehead atoms. The fourth-order valence-corrected chi connectivity index (χ4v) is 3.12. The molecule has 2 aromatic rings. The van der Waals surface area contributed by atoms with Gasteiger partial charge >= 0.3 is 6.03 Å². The van der Waals surface area contributed by atoms with Crippen molar-refractivity contribution in [2.45, 2.75) is 19.4 Å². The van der Waals surface area contributed by atoms with Crippen LogP contribution in [-0.2, 0) is 14.3 Å². The topological polar surface area (TPSA) is 79.0 Å². The number of nitrogens with one attached hydrogen (secondary N) is 1. The molecule has 0 aliphatic carbocycles. The van der Waals surface area contributed by atoms with Gasteiger partial charge in [0.05, 0.1) is 18.7 Å². The smallest absolute Gasteiger partial charge is 0.332 e. The van der Waals surface area contributed by atoms with Crippen LogP contribution in [0.5, 0.6) is 0 Å². The van der Waals surface area contributed by atoms with Crippen molar-refractivity contribution in [2.24, 2.45) is 0 Å². The summed E-state index contributed by atoms with van der Waals surface area (Å²) in [6.45, 7) is 2.43. The fraction of sp³-hybridized carbons (Fsp3) is 0.286. The number of anilines is 2. The summed E-state index contributed by atoms with van der Waals surface area (Å²) in [5.74, 6) is -0.737. The second-order valence-electron chi connectivity index (χ2n) is 6.61. The summed E-state index contributed by atoms with van der Waals surface area (Å²) in [6, 6.07) is 14.8. The van der Waals surface area contributed by atoms with E-state index in [9.17, 15) is 14.4 Å². The largest absolute Gasteiger partial charge is 0.383 e. The monoisotopic (exact) mass is 381 g/mol. The van der Waals surface area contributed by atoms with E-state index in [1.165, 1.54) is 12.0 Å². The van der Waals surface area contributed by atoms with E-state index in [1.54, 1.807) is 24.3 Å². The lowest BCUT2D eigenvalue weighted by molar-refractivity contribution is -0.124. The minimum absolute atomic E-state index is 0.120. The molecule has 7 heteroatoms. The van der Waals surface area contributed by atoms with Crippen molar-refractivity contribution >= 4 is 29.2 Å². The van der Waals surface area contributed by atoms with Crippen molar-refractivity contribution in [3.05, 3.63) is 60.2 Å². The molecule has 1 fully saturated rings. The first kappa shape index (κ1) is 19.6. The highest BCUT2D eigenvalue weighted by atomic mass is 16.5. The third-order valence-electron chi connectivity index (χ3n) is 4.58. The van der Waals surface area contributed by atoms with E-state index >= 15 is 0 Å². The highest BCUT2D eigenvalue weighted by molar-refractivity contribution is 6.22. The minimum Gasteiger partial charge on any atom is -0.383 e. The van der Waals surface area contributed by atoms with Gasteiger partial charge < -0.3 is 15.0 Å². The van der Waals surface area contributed by atoms with Gasteiger partial charge in [0.1, 0.15) is 6.04 Å². The predicted octanol–water partition coefficient (Wildman–Crippen LogP) is 2.81. The molecule has 1 atom stereocenters. The van der Waals surface area contributed by atoms with Crippen LogP contribution in [0.1, 0.15) is 12.0 Å². The first-order valence-corrected chi connectivity index (χ1v) is 9.06. The summed E-state index contributed by atoms with van der Waals surface area (Å²) in [5, 5.41) is 2.76. The summed E-state index contributed by atoms with van der Waals surface area (Å²) in [6.07, 6.45) is -0.120. The maximum absolute atomic E-state index is 13.0. The molecule has 0 aromatic heterocycles. The number of aryl methyl sites for hydroxylation is 1. The Morgan fingerprint density at radius 2 is 1.75 bits per heavy atom. The Morgan fingerprint density at radius 3 is 2.39 bits per heavy atom. The van der Waals surface area contributed by atoms with Gasteiger partial charge in [-0.25, -0.2) is 9.69 Å². The number of imide groups is 1. The lowest BCUT2D eigenvalue weighted by atomic mass is 10.1. The number of carbonyl (C=O) groups is 3. The average Bonchev–Trinajstić information content (AvgIpc) is 2.91. The Hall–Kier alpha value is -3.19. The first-order valence-electron chi connectivity index (χ1n) is 9.06. The van der Waals surface area contributed by atoms with E-state index in [0.29, 0.717) is 11.4 Å². The number of hydrogen-bond donors (Lipinski definition) is 1. The Morgan fingerprint density at radius 1 is 1.07 bits per heavy atom. The number of rotatable bonds is 7. The molecule has 1 aliphatic heterocycles. The molecular weight excluding hydrogens is 358 g/mol. The Bertz CT molecular complexity index is 852. The number of carbonyl (C=O) groups excluding carboxylic acids is 3. The third-order valence-corrected chi connectivity index (χ3v) is 4.58. The maximum Gasteiger partial charge on any atom is 0.332 e. The van der Waals surface area contributed by atoms with Crippen molar-refractivity contribution in [2.75, 3.05) is 30.5 Å². The van der Waals surface area contributed by atoms with E-state index in [-0.39, 0.29) is 25.5 Å². The van der Waals surface area contributed by atoms with Crippen LogP contribution >= 0.6 is 0 Å². The normalized spacial score (nSPS) is 16.6. The van der Waals surface area contributed by atoms with Crippen LogP contribution in [0.15, 0.2) is 54.6 Å². The molecule has 146 valence electrons. The second kappa shape index (κ2) is 8.67. The molecule has 3 rings (SSSR count). The number of benzene rings is 2. The van der Waals surface area contributed by atoms with Gasteiger partial charge in [0.25, 0.3) is 5.91 Å². The summed E-state index contributed by atoms with van der Waals surface area (Å²) >= 11 is 0. The molecule has 0 radical (unpaired) electrons. The van der Waals surface area contributed by atoms with E-state index in [2.05, 4.69) is 5.32 Å². The van der Waals surface area contributed by atoms with Crippen LogP contribution in [0.2, 0.25) is 0 Å². The number of amides is 4. The summed E-state index contributed by atoms with van der Waals surface area (Å²) in [5.41, 5.74) is 2.16. The predicted molar refractivity (Wildman–Crippen MR) is 106 cm³/mol. The van der Waals surface area contributed by atoms with Gasteiger partial charge in [0, 0.05) is 19.3 Å². The van der Waals surface area contributed by atoms with Crippen molar-refractivity contribution in [1.82, 2.24) is 4.90 Å². The quantitative estimate of drug-likeness (QED) is 0.748. The number of ether oxygens (including phenoxy) is 1. The van der Waals surface area contributed by atoms with Crippen LogP contribution in [0.3, 0.4) is 0 Å². The second-order valence-corrected chi connectivity index (χ2v) is 6.61. The van der Waals surface area contributed by atoms with Crippen LogP contribution in [0.4, 0.5) is 16.2 Å². The van der Waals surface area contributed by atoms with E-state index in [0.717, 1.165) is 10.5 Å². The molecule has 1 aliphatic rings. The van der Waals surface area contributed by atoms with Crippen LogP contribution in [0.25, 0.3) is 0 Å². The van der Waals surface area contributed by atoms with Crippen molar-refractivity contribution in [1.29, 1.82) is 0 Å². The number of urea groups is 1. The number of methoxy groups -OCH3 is 1. The zero-order chi connectivity index (χ0) is 20.1. The van der Waals surface area contributed by atoms with E-state index in [4.69, 9.17) is 4.74 Å². The van der Waals surface area contributed by atoms with Crippen molar-refractivity contribution in [3.8, 4) is 0 Å². The molecule has 0 spiro atoms. The van der Waals surface area contributed by atoms with Gasteiger partial charge in [-0.1, -0.05) is 35.9 Å². The van der Waals surface area contributed by atoms with E-state index in [1.807, 2.05) is 37.3 Å². The summed E-state index contributed by atoms with van der Waals surface area (Å²) < 4.78 is 5.07. The van der Waals surface area contributed by atoms with E-state index < -0.39 is 18.0 Å². The molecule has 0 saturated carbocycles. The molecular formula is C21H23N3O4. The van der Waals surface area contributed by atoms with Crippen molar-refractivity contribution in [3.63, 3.8) is 0 Å². The molecule has 1 saturated heterocycles. The fourth-order valence-electron chi connectivity index (χ4n) is 3.12. The molecule has 28 heavy (non-hydrogen) atoms. The van der Waals surface area contributed by atoms with Crippen LogP contribution in [-0.4, -0.2) is 49.0 Å². The Balaban J connectivity index is 1.80. The molecule has 1 N–H and O–H groups in total. The van der Waals surface area contributed by atoms with Crippen LogP contribution in [0, 0.1) is 6.92 Å². The van der Waals surface area contributed by atoms with Gasteiger partial charge in [-0.15, -0.1) is 0 Å². The minimum atomic E-state index is -0.868. The summed E-state index contributed by atoms with van der Waals surface area (Å²) in [4.78, 5) is 40.9. The van der Waals surface area contributed by atoms with Gasteiger partial charge in [0.15, 0.2) is 0 Å². The molecule has 2 aromatic carbocycles. The van der Waals surface area contributed by atoms with Crippen molar-refractivity contribution < 1.29 is 19.1 Å². The average molecular weight is 381 g/mol. The Labute approximate surface area is 163 Å². The zero-order valence-electron chi connectivity index (χ0n) is 15.9. The molecule has 7 nitrogen and oxygen atoms in total. The number of para-hydroxylation sites is 1. The summed E-state index contributed by atoms with van der Waals surface area (Å²) in [7, 11) is 1.53. The van der Waals surface area contributed by atoms with Crippen LogP contribution < -0.4 is 10.2 Å². The lowest BCUT2D eigenvalue weighted by Gasteiger charge is -2.21. The third kappa shape index (κ3) is 4.20. The lowest BCUT2D eigenvalue weighted by Crippen LogP contribution is -2.39. The molecule has 0 unspecified atom stereocenters.